The van der Waals surface area contributed by atoms with Gasteiger partial charge in [0.1, 0.15) is 0 Å². The summed E-state index contributed by atoms with van der Waals surface area (Å²) in [5, 5.41) is 0. The number of ether oxygens (including phenoxy) is 1. The molecule has 0 bridgehead atoms. The van der Waals surface area contributed by atoms with Gasteiger partial charge < -0.3 is 15.4 Å². The van der Waals surface area contributed by atoms with Gasteiger partial charge in [0.2, 0.25) is 0 Å². The van der Waals surface area contributed by atoms with Crippen LogP contribution in [0.4, 0.5) is 0 Å². The fourth-order valence-electron chi connectivity index (χ4n) is 1.37. The Labute approximate surface area is 88.6 Å². The molecular weight excluding hydrogens is 176 g/mol. The molecule has 0 saturated carbocycles. The predicted molar refractivity (Wildman–Crippen MR) is 61.4 cm³/mol. The van der Waals surface area contributed by atoms with Crippen molar-refractivity contribution in [2.75, 3.05) is 39.9 Å². The van der Waals surface area contributed by atoms with Crippen LogP contribution in [0.3, 0.4) is 0 Å². The van der Waals surface area contributed by atoms with E-state index >= 15 is 0 Å². The molecule has 1 atom stereocenters. The monoisotopic (exact) mass is 202 g/mol. The standard InChI is InChI=1S/C11H26N2O/c1-4-11(10-12)6-7-13(3)8-9-14-5-2/h11H,4-10,12H2,1-3H3. The van der Waals surface area contributed by atoms with E-state index in [9.17, 15) is 0 Å². The maximum atomic E-state index is 5.65. The number of nitrogens with two attached hydrogens (primary N) is 1. The molecule has 0 aliphatic carbocycles. The van der Waals surface area contributed by atoms with Crippen LogP contribution in [0.2, 0.25) is 0 Å². The van der Waals surface area contributed by atoms with Gasteiger partial charge in [0, 0.05) is 13.2 Å². The molecule has 0 amide bonds. The van der Waals surface area contributed by atoms with Crippen molar-refractivity contribution >= 4 is 0 Å². The van der Waals surface area contributed by atoms with Crippen molar-refractivity contribution < 1.29 is 4.74 Å². The molecule has 0 heterocycles. The molecule has 0 spiro atoms. The molecule has 0 aliphatic heterocycles. The summed E-state index contributed by atoms with van der Waals surface area (Å²) in [5.41, 5.74) is 5.65. The molecule has 1 unspecified atom stereocenters. The van der Waals surface area contributed by atoms with Crippen LogP contribution in [0.5, 0.6) is 0 Å². The number of rotatable bonds is 9. The van der Waals surface area contributed by atoms with Crippen molar-refractivity contribution in [3.8, 4) is 0 Å². The minimum atomic E-state index is 0.685. The van der Waals surface area contributed by atoms with Crippen LogP contribution in [-0.4, -0.2) is 44.8 Å². The maximum absolute atomic E-state index is 5.65. The van der Waals surface area contributed by atoms with Gasteiger partial charge >= 0.3 is 0 Å². The van der Waals surface area contributed by atoms with E-state index in [4.69, 9.17) is 10.5 Å². The molecule has 14 heavy (non-hydrogen) atoms. The van der Waals surface area contributed by atoms with Gasteiger partial charge in [-0.3, -0.25) is 0 Å². The normalized spacial score (nSPS) is 13.5. The van der Waals surface area contributed by atoms with Crippen molar-refractivity contribution in [1.29, 1.82) is 0 Å². The Morgan fingerprint density at radius 3 is 2.50 bits per heavy atom. The third kappa shape index (κ3) is 7.30. The molecule has 86 valence electrons. The minimum Gasteiger partial charge on any atom is -0.380 e. The Morgan fingerprint density at radius 2 is 2.00 bits per heavy atom. The van der Waals surface area contributed by atoms with Gasteiger partial charge in [-0.25, -0.2) is 0 Å². The lowest BCUT2D eigenvalue weighted by molar-refractivity contribution is 0.120. The SMILES string of the molecule is CCOCCN(C)CCC(CC)CN. The quantitative estimate of drug-likeness (QED) is 0.573. The van der Waals surface area contributed by atoms with Crippen molar-refractivity contribution in [1.82, 2.24) is 4.90 Å². The van der Waals surface area contributed by atoms with Crippen LogP contribution in [0.1, 0.15) is 26.7 Å². The van der Waals surface area contributed by atoms with E-state index in [1.807, 2.05) is 6.92 Å². The topological polar surface area (TPSA) is 38.5 Å². The third-order valence-corrected chi connectivity index (χ3v) is 2.65. The molecule has 2 N–H and O–H groups in total. The third-order valence-electron chi connectivity index (χ3n) is 2.65. The highest BCUT2D eigenvalue weighted by molar-refractivity contribution is 4.60. The van der Waals surface area contributed by atoms with Gasteiger partial charge in [-0.05, 0) is 39.4 Å². The van der Waals surface area contributed by atoms with E-state index < -0.39 is 0 Å². The largest absolute Gasteiger partial charge is 0.380 e. The number of likely N-dealkylation sites (N-methyl/N-ethyl adjacent to an activating group) is 1. The van der Waals surface area contributed by atoms with E-state index in [1.165, 1.54) is 12.8 Å². The minimum absolute atomic E-state index is 0.685. The predicted octanol–water partition coefficient (Wildman–Crippen LogP) is 1.33. The first-order valence-electron chi connectivity index (χ1n) is 5.70. The summed E-state index contributed by atoms with van der Waals surface area (Å²) in [4.78, 5) is 2.31. The summed E-state index contributed by atoms with van der Waals surface area (Å²) in [6.45, 7) is 8.85. The second-order valence-electron chi connectivity index (χ2n) is 3.80. The molecule has 0 fully saturated rings. The van der Waals surface area contributed by atoms with Crippen molar-refractivity contribution in [2.45, 2.75) is 26.7 Å². The Kier molecular flexibility index (Phi) is 9.35. The second kappa shape index (κ2) is 9.44. The van der Waals surface area contributed by atoms with Gasteiger partial charge in [0.25, 0.3) is 0 Å². The Bertz CT molecular complexity index is 116. The lowest BCUT2D eigenvalue weighted by atomic mass is 10.0. The smallest absolute Gasteiger partial charge is 0.0593 e. The summed E-state index contributed by atoms with van der Waals surface area (Å²) in [6, 6.07) is 0. The fraction of sp³-hybridized carbons (Fsp3) is 1.00. The van der Waals surface area contributed by atoms with Crippen LogP contribution in [-0.2, 0) is 4.74 Å². The zero-order valence-electron chi connectivity index (χ0n) is 9.96. The van der Waals surface area contributed by atoms with Crippen LogP contribution >= 0.6 is 0 Å². The molecule has 0 aromatic rings. The van der Waals surface area contributed by atoms with Crippen molar-refractivity contribution in [3.05, 3.63) is 0 Å². The van der Waals surface area contributed by atoms with Crippen LogP contribution < -0.4 is 5.73 Å². The summed E-state index contributed by atoms with van der Waals surface area (Å²) >= 11 is 0. The summed E-state index contributed by atoms with van der Waals surface area (Å²) < 4.78 is 5.30. The highest BCUT2D eigenvalue weighted by atomic mass is 16.5. The first-order valence-corrected chi connectivity index (χ1v) is 5.70. The van der Waals surface area contributed by atoms with Crippen LogP contribution in [0.15, 0.2) is 0 Å². The van der Waals surface area contributed by atoms with Crippen LogP contribution in [0, 0.1) is 5.92 Å². The van der Waals surface area contributed by atoms with Gasteiger partial charge in [-0.1, -0.05) is 13.3 Å². The van der Waals surface area contributed by atoms with Gasteiger partial charge in [-0.2, -0.15) is 0 Å². The Hall–Kier alpha value is -0.120. The van der Waals surface area contributed by atoms with Gasteiger partial charge in [-0.15, -0.1) is 0 Å². The second-order valence-corrected chi connectivity index (χ2v) is 3.80. The Balaban J connectivity index is 3.37. The zero-order valence-corrected chi connectivity index (χ0v) is 9.96. The van der Waals surface area contributed by atoms with E-state index in [0.29, 0.717) is 5.92 Å². The molecule has 0 aliphatic rings. The summed E-state index contributed by atoms with van der Waals surface area (Å²) in [6.07, 6.45) is 2.39. The maximum Gasteiger partial charge on any atom is 0.0593 e. The molecule has 0 saturated heterocycles. The van der Waals surface area contributed by atoms with E-state index in [1.54, 1.807) is 0 Å². The molecule has 3 nitrogen and oxygen atoms in total. The molecule has 3 heteroatoms. The van der Waals surface area contributed by atoms with E-state index in [2.05, 4.69) is 18.9 Å². The van der Waals surface area contributed by atoms with Crippen LogP contribution in [0.25, 0.3) is 0 Å². The first kappa shape index (κ1) is 13.9. The van der Waals surface area contributed by atoms with E-state index in [-0.39, 0.29) is 0 Å². The number of hydrogen-bond donors (Lipinski definition) is 1. The van der Waals surface area contributed by atoms with Gasteiger partial charge in [0.05, 0.1) is 6.61 Å². The molecule has 0 aromatic heterocycles. The lowest BCUT2D eigenvalue weighted by Crippen LogP contribution is -2.27. The molecule has 0 aromatic carbocycles. The molecule has 0 radical (unpaired) electrons. The van der Waals surface area contributed by atoms with Gasteiger partial charge in [0.15, 0.2) is 0 Å². The van der Waals surface area contributed by atoms with Crippen molar-refractivity contribution in [3.63, 3.8) is 0 Å². The number of hydrogen-bond acceptors (Lipinski definition) is 3. The van der Waals surface area contributed by atoms with E-state index in [0.717, 1.165) is 32.8 Å². The average Bonchev–Trinajstić information content (AvgIpc) is 2.20. The Morgan fingerprint density at radius 1 is 1.29 bits per heavy atom. The lowest BCUT2D eigenvalue weighted by Gasteiger charge is -2.19. The highest BCUT2D eigenvalue weighted by Crippen LogP contribution is 2.06. The molecular formula is C11H26N2O. The summed E-state index contributed by atoms with van der Waals surface area (Å²) in [7, 11) is 2.14. The molecule has 0 rings (SSSR count). The summed E-state index contributed by atoms with van der Waals surface area (Å²) in [5.74, 6) is 0.685. The fourth-order valence-corrected chi connectivity index (χ4v) is 1.37. The highest BCUT2D eigenvalue weighted by Gasteiger charge is 2.05. The first-order chi connectivity index (χ1) is 6.74. The average molecular weight is 202 g/mol. The van der Waals surface area contributed by atoms with Crippen molar-refractivity contribution in [2.24, 2.45) is 11.7 Å². The zero-order chi connectivity index (χ0) is 10.8. The number of nitrogens with zero attached hydrogens (tertiary/aromatic N) is 1.